The van der Waals surface area contributed by atoms with E-state index in [4.69, 9.17) is 9.15 Å². The molecule has 0 fully saturated rings. The maximum absolute atomic E-state index is 11.0. The molecule has 0 saturated carbocycles. The van der Waals surface area contributed by atoms with Gasteiger partial charge in [0.05, 0.1) is 0 Å². The molecule has 2 aromatic rings. The molecule has 0 bridgehead atoms. The lowest BCUT2D eigenvalue weighted by Gasteiger charge is -2.05. The van der Waals surface area contributed by atoms with Crippen LogP contribution in [0.5, 0.6) is 5.75 Å². The molecule has 0 aliphatic heterocycles. The summed E-state index contributed by atoms with van der Waals surface area (Å²) in [6.45, 7) is 3.90. The van der Waals surface area contributed by atoms with Crippen LogP contribution in [0.2, 0.25) is 0 Å². The van der Waals surface area contributed by atoms with Gasteiger partial charge in [-0.25, -0.2) is 0 Å². The maximum atomic E-state index is 11.0. The molecule has 1 N–H and O–H groups in total. The van der Waals surface area contributed by atoms with Crippen molar-refractivity contribution in [3.05, 3.63) is 30.2 Å². The summed E-state index contributed by atoms with van der Waals surface area (Å²) in [5.41, 5.74) is 0.731. The van der Waals surface area contributed by atoms with Gasteiger partial charge < -0.3 is 14.5 Å². The van der Waals surface area contributed by atoms with Crippen LogP contribution in [0.1, 0.15) is 45.4 Å². The molecule has 0 spiro atoms. The number of aromatic nitrogens is 2. The van der Waals surface area contributed by atoms with E-state index >= 15 is 0 Å². The molecule has 130 valence electrons. The number of anilines is 1. The van der Waals surface area contributed by atoms with Crippen molar-refractivity contribution in [1.82, 2.24) is 10.2 Å². The SMILES string of the molecule is CCCCCCSc1nnc(COc2ccc(NC(C)=O)cc2)o1. The molecule has 1 amide bonds. The summed E-state index contributed by atoms with van der Waals surface area (Å²) in [4.78, 5) is 11.0. The number of unbranched alkanes of at least 4 members (excludes halogenated alkanes) is 3. The van der Waals surface area contributed by atoms with Gasteiger partial charge in [-0.2, -0.15) is 0 Å². The Morgan fingerprint density at radius 2 is 2.00 bits per heavy atom. The molecule has 1 heterocycles. The second-order valence-corrected chi connectivity index (χ2v) is 6.41. The second kappa shape index (κ2) is 9.97. The van der Waals surface area contributed by atoms with E-state index in [0.29, 0.717) is 16.9 Å². The summed E-state index contributed by atoms with van der Waals surface area (Å²) in [6.07, 6.45) is 4.90. The topological polar surface area (TPSA) is 77.3 Å². The molecule has 24 heavy (non-hydrogen) atoms. The first kappa shape index (κ1) is 18.3. The number of hydrogen-bond donors (Lipinski definition) is 1. The molecule has 1 aromatic carbocycles. The van der Waals surface area contributed by atoms with Gasteiger partial charge in [0.15, 0.2) is 6.61 Å². The average Bonchev–Trinajstić information content (AvgIpc) is 3.01. The summed E-state index contributed by atoms with van der Waals surface area (Å²) < 4.78 is 11.2. The first-order valence-electron chi connectivity index (χ1n) is 8.13. The largest absolute Gasteiger partial charge is 0.484 e. The fraction of sp³-hybridized carbons (Fsp3) is 0.471. The van der Waals surface area contributed by atoms with E-state index in [-0.39, 0.29) is 12.5 Å². The third-order valence-electron chi connectivity index (χ3n) is 3.21. The Kier molecular flexibility index (Phi) is 7.61. The lowest BCUT2D eigenvalue weighted by atomic mass is 10.2. The van der Waals surface area contributed by atoms with E-state index in [2.05, 4.69) is 22.4 Å². The van der Waals surface area contributed by atoms with Crippen LogP contribution in [0.25, 0.3) is 0 Å². The summed E-state index contributed by atoms with van der Waals surface area (Å²) in [5.74, 6) is 2.02. The van der Waals surface area contributed by atoms with Gasteiger partial charge in [-0.15, -0.1) is 10.2 Å². The van der Waals surface area contributed by atoms with Crippen molar-refractivity contribution >= 4 is 23.4 Å². The zero-order valence-corrected chi connectivity index (χ0v) is 14.9. The lowest BCUT2D eigenvalue weighted by molar-refractivity contribution is -0.114. The summed E-state index contributed by atoms with van der Waals surface area (Å²) >= 11 is 1.58. The molecular weight excluding hydrogens is 326 g/mol. The lowest BCUT2D eigenvalue weighted by Crippen LogP contribution is -2.05. The minimum atomic E-state index is -0.103. The number of nitrogens with zero attached hydrogens (tertiary/aromatic N) is 2. The highest BCUT2D eigenvalue weighted by Crippen LogP contribution is 2.20. The fourth-order valence-corrected chi connectivity index (χ4v) is 2.80. The zero-order valence-electron chi connectivity index (χ0n) is 14.1. The van der Waals surface area contributed by atoms with E-state index < -0.39 is 0 Å². The second-order valence-electron chi connectivity index (χ2n) is 5.37. The predicted octanol–water partition coefficient (Wildman–Crippen LogP) is 4.28. The summed E-state index contributed by atoms with van der Waals surface area (Å²) in [7, 11) is 0. The summed E-state index contributed by atoms with van der Waals surface area (Å²) in [5, 5.41) is 11.3. The average molecular weight is 349 g/mol. The molecule has 2 rings (SSSR count). The maximum Gasteiger partial charge on any atom is 0.276 e. The van der Waals surface area contributed by atoms with E-state index in [1.807, 2.05) is 0 Å². The number of benzene rings is 1. The molecule has 6 nitrogen and oxygen atoms in total. The van der Waals surface area contributed by atoms with Crippen LogP contribution >= 0.6 is 11.8 Å². The highest BCUT2D eigenvalue weighted by Gasteiger charge is 2.07. The van der Waals surface area contributed by atoms with Crippen LogP contribution in [-0.4, -0.2) is 21.9 Å². The van der Waals surface area contributed by atoms with Gasteiger partial charge >= 0.3 is 0 Å². The first-order valence-corrected chi connectivity index (χ1v) is 9.11. The van der Waals surface area contributed by atoms with Gasteiger partial charge in [-0.3, -0.25) is 4.79 Å². The van der Waals surface area contributed by atoms with Crippen LogP contribution in [0, 0.1) is 0 Å². The van der Waals surface area contributed by atoms with Crippen LogP contribution in [-0.2, 0) is 11.4 Å². The Hall–Kier alpha value is -2.02. The van der Waals surface area contributed by atoms with E-state index in [1.165, 1.54) is 26.2 Å². The van der Waals surface area contributed by atoms with Crippen molar-refractivity contribution in [1.29, 1.82) is 0 Å². The van der Waals surface area contributed by atoms with Gasteiger partial charge in [0.25, 0.3) is 11.1 Å². The number of carbonyl (C=O) groups is 1. The summed E-state index contributed by atoms with van der Waals surface area (Å²) in [6, 6.07) is 7.13. The van der Waals surface area contributed by atoms with Gasteiger partial charge in [0, 0.05) is 18.4 Å². The van der Waals surface area contributed by atoms with Crippen molar-refractivity contribution in [2.75, 3.05) is 11.1 Å². The number of nitrogens with one attached hydrogen (secondary N) is 1. The van der Waals surface area contributed by atoms with Crippen molar-refractivity contribution in [2.45, 2.75) is 51.4 Å². The molecule has 1 aromatic heterocycles. The minimum Gasteiger partial charge on any atom is -0.484 e. The van der Waals surface area contributed by atoms with Crippen molar-refractivity contribution in [3.63, 3.8) is 0 Å². The van der Waals surface area contributed by atoms with Crippen LogP contribution in [0.3, 0.4) is 0 Å². The Morgan fingerprint density at radius 3 is 2.71 bits per heavy atom. The van der Waals surface area contributed by atoms with Crippen LogP contribution in [0.4, 0.5) is 5.69 Å². The standard InChI is InChI=1S/C17H23N3O3S/c1-3-4-5-6-11-24-17-20-19-16(23-17)12-22-15-9-7-14(8-10-15)18-13(2)21/h7-10H,3-6,11-12H2,1-2H3,(H,18,21). The third kappa shape index (κ3) is 6.62. The quantitative estimate of drug-likeness (QED) is 0.509. The molecule has 0 atom stereocenters. The highest BCUT2D eigenvalue weighted by molar-refractivity contribution is 7.99. The normalized spacial score (nSPS) is 10.6. The van der Waals surface area contributed by atoms with Crippen molar-refractivity contribution in [3.8, 4) is 5.75 Å². The van der Waals surface area contributed by atoms with E-state index in [1.54, 1.807) is 36.0 Å². The molecule has 0 aliphatic carbocycles. The van der Waals surface area contributed by atoms with Crippen molar-refractivity contribution in [2.24, 2.45) is 0 Å². The number of thioether (sulfide) groups is 1. The third-order valence-corrected chi connectivity index (χ3v) is 4.11. The Labute approximate surface area is 146 Å². The Balaban J connectivity index is 1.73. The zero-order chi connectivity index (χ0) is 17.2. The monoisotopic (exact) mass is 349 g/mol. The Morgan fingerprint density at radius 1 is 1.21 bits per heavy atom. The Bertz CT molecular complexity index is 628. The molecule has 0 saturated heterocycles. The number of amides is 1. The molecular formula is C17H23N3O3S. The number of ether oxygens (including phenoxy) is 1. The number of carbonyl (C=O) groups excluding carboxylic acids is 1. The minimum absolute atomic E-state index is 0.103. The van der Waals surface area contributed by atoms with Crippen molar-refractivity contribution < 1.29 is 13.9 Å². The molecule has 7 heteroatoms. The highest BCUT2D eigenvalue weighted by atomic mass is 32.2. The van der Waals surface area contributed by atoms with Gasteiger partial charge in [0.1, 0.15) is 5.75 Å². The molecule has 0 aliphatic rings. The smallest absolute Gasteiger partial charge is 0.276 e. The van der Waals surface area contributed by atoms with E-state index in [0.717, 1.165) is 17.9 Å². The van der Waals surface area contributed by atoms with Crippen LogP contribution in [0.15, 0.2) is 33.9 Å². The first-order chi connectivity index (χ1) is 11.7. The van der Waals surface area contributed by atoms with Gasteiger partial charge in [-0.05, 0) is 30.7 Å². The number of rotatable bonds is 10. The number of hydrogen-bond acceptors (Lipinski definition) is 6. The predicted molar refractivity (Wildman–Crippen MR) is 94.2 cm³/mol. The molecule has 0 unspecified atom stereocenters. The van der Waals surface area contributed by atoms with Gasteiger partial charge in [-0.1, -0.05) is 37.9 Å². The van der Waals surface area contributed by atoms with Gasteiger partial charge in [0.2, 0.25) is 5.91 Å². The van der Waals surface area contributed by atoms with E-state index in [9.17, 15) is 4.79 Å². The molecule has 0 radical (unpaired) electrons. The van der Waals surface area contributed by atoms with Crippen LogP contribution < -0.4 is 10.1 Å². The fourth-order valence-electron chi connectivity index (χ4n) is 2.03.